The molecule has 0 aliphatic carbocycles. The van der Waals surface area contributed by atoms with E-state index < -0.39 is 0 Å². The molecule has 0 spiro atoms. The van der Waals surface area contributed by atoms with E-state index in [4.69, 9.17) is 0 Å². The summed E-state index contributed by atoms with van der Waals surface area (Å²) in [5.41, 5.74) is 4.12. The first kappa shape index (κ1) is 20.4. The Morgan fingerprint density at radius 2 is 1.60 bits per heavy atom. The van der Waals surface area contributed by atoms with Crippen LogP contribution in [0, 0.1) is 6.92 Å². The maximum absolute atomic E-state index is 2.78. The smallest absolute Gasteiger partial charge is 0.0555 e. The average Bonchev–Trinajstić information content (AvgIpc) is 2.80. The first-order chi connectivity index (χ1) is 14.8. The van der Waals surface area contributed by atoms with Gasteiger partial charge in [0.15, 0.2) is 0 Å². The van der Waals surface area contributed by atoms with Gasteiger partial charge < -0.3 is 14.7 Å². The molecule has 5 rings (SSSR count). The fourth-order valence-corrected chi connectivity index (χ4v) is 6.50. The molecule has 0 N–H and O–H groups in total. The van der Waals surface area contributed by atoms with Gasteiger partial charge in [-0.15, -0.1) is 0 Å². The summed E-state index contributed by atoms with van der Waals surface area (Å²) in [6, 6.07) is 16.6. The van der Waals surface area contributed by atoms with Crippen LogP contribution >= 0.6 is 11.8 Å². The van der Waals surface area contributed by atoms with Gasteiger partial charge in [-0.3, -0.25) is 0 Å². The monoisotopic (exact) mass is 421 g/mol. The standard InChI is InChI=1S/C26H35N3S/c1-21-10-11-26-24(20-21)29(23-8-3-4-9-25(23)30-26)17-7-14-27-18-12-22(13-19-27)28-15-5-2-6-16-28/h3-4,8-11,20,22H,2,5-7,12-19H2,1H3. The van der Waals surface area contributed by atoms with Gasteiger partial charge in [0.05, 0.1) is 11.4 Å². The third-order valence-electron chi connectivity index (χ3n) is 7.10. The lowest BCUT2D eigenvalue weighted by atomic mass is 10.00. The second-order valence-corrected chi connectivity index (χ2v) is 10.3. The van der Waals surface area contributed by atoms with Crippen LogP contribution in [0.4, 0.5) is 11.4 Å². The van der Waals surface area contributed by atoms with Gasteiger partial charge in [-0.1, -0.05) is 36.4 Å². The molecule has 2 saturated heterocycles. The number of hydrogen-bond donors (Lipinski definition) is 0. The minimum atomic E-state index is 0.849. The molecule has 0 amide bonds. The number of nitrogens with zero attached hydrogens (tertiary/aromatic N) is 3. The van der Waals surface area contributed by atoms with Crippen molar-refractivity contribution in [3.05, 3.63) is 48.0 Å². The number of anilines is 2. The molecule has 30 heavy (non-hydrogen) atoms. The zero-order valence-corrected chi connectivity index (χ0v) is 19.2. The number of para-hydroxylation sites is 1. The molecule has 4 heteroatoms. The van der Waals surface area contributed by atoms with E-state index in [0.29, 0.717) is 0 Å². The normalized spacial score (nSPS) is 20.8. The predicted molar refractivity (Wildman–Crippen MR) is 128 cm³/mol. The van der Waals surface area contributed by atoms with Crippen molar-refractivity contribution in [3.63, 3.8) is 0 Å². The average molecular weight is 422 g/mol. The summed E-state index contributed by atoms with van der Waals surface area (Å²) in [5, 5.41) is 0. The van der Waals surface area contributed by atoms with E-state index in [0.717, 1.165) is 12.6 Å². The molecular formula is C26H35N3S. The largest absolute Gasteiger partial charge is 0.340 e. The van der Waals surface area contributed by atoms with Gasteiger partial charge in [0.2, 0.25) is 0 Å². The summed E-state index contributed by atoms with van der Waals surface area (Å²) in [4.78, 5) is 10.8. The Balaban J connectivity index is 1.19. The number of fused-ring (bicyclic) bond motifs is 2. The van der Waals surface area contributed by atoms with Gasteiger partial charge in [-0.2, -0.15) is 0 Å². The van der Waals surface area contributed by atoms with Gasteiger partial charge in [0, 0.05) is 22.4 Å². The SMILES string of the molecule is Cc1ccc2c(c1)N(CCCN1CCC(N3CCCCC3)CC1)c1ccccc1S2. The summed E-state index contributed by atoms with van der Waals surface area (Å²) in [6.07, 6.45) is 8.22. The molecule has 160 valence electrons. The molecular weight excluding hydrogens is 386 g/mol. The minimum Gasteiger partial charge on any atom is -0.340 e. The van der Waals surface area contributed by atoms with Crippen LogP contribution in [0.3, 0.4) is 0 Å². The van der Waals surface area contributed by atoms with Crippen molar-refractivity contribution in [1.29, 1.82) is 0 Å². The second kappa shape index (κ2) is 9.33. The van der Waals surface area contributed by atoms with Crippen LogP contribution < -0.4 is 4.90 Å². The third-order valence-corrected chi connectivity index (χ3v) is 8.23. The van der Waals surface area contributed by atoms with Crippen molar-refractivity contribution in [2.75, 3.05) is 44.2 Å². The van der Waals surface area contributed by atoms with Crippen LogP contribution in [-0.2, 0) is 0 Å². The lowest BCUT2D eigenvalue weighted by Gasteiger charge is -2.40. The Hall–Kier alpha value is -1.49. The number of hydrogen-bond acceptors (Lipinski definition) is 4. The van der Waals surface area contributed by atoms with Gasteiger partial charge in [0.1, 0.15) is 0 Å². The Bertz CT molecular complexity index is 853. The molecule has 2 aromatic rings. The molecule has 3 nitrogen and oxygen atoms in total. The zero-order chi connectivity index (χ0) is 20.3. The van der Waals surface area contributed by atoms with Crippen LogP contribution in [0.2, 0.25) is 0 Å². The van der Waals surface area contributed by atoms with Crippen molar-refractivity contribution in [2.24, 2.45) is 0 Å². The van der Waals surface area contributed by atoms with E-state index >= 15 is 0 Å². The highest BCUT2D eigenvalue weighted by molar-refractivity contribution is 7.99. The topological polar surface area (TPSA) is 9.72 Å². The van der Waals surface area contributed by atoms with Crippen molar-refractivity contribution in [1.82, 2.24) is 9.80 Å². The van der Waals surface area contributed by atoms with Gasteiger partial charge in [-0.25, -0.2) is 0 Å². The van der Waals surface area contributed by atoms with Crippen LogP contribution in [0.1, 0.15) is 44.1 Å². The number of aryl methyl sites for hydroxylation is 1. The van der Waals surface area contributed by atoms with Crippen molar-refractivity contribution in [3.8, 4) is 0 Å². The molecule has 0 bridgehead atoms. The van der Waals surface area contributed by atoms with Gasteiger partial charge >= 0.3 is 0 Å². The maximum Gasteiger partial charge on any atom is 0.0555 e. The number of rotatable bonds is 5. The quantitative estimate of drug-likeness (QED) is 0.591. The lowest BCUT2D eigenvalue weighted by Crippen LogP contribution is -2.47. The number of likely N-dealkylation sites (tertiary alicyclic amines) is 2. The van der Waals surface area contributed by atoms with E-state index in [1.807, 2.05) is 11.8 Å². The summed E-state index contributed by atoms with van der Waals surface area (Å²) < 4.78 is 0. The maximum atomic E-state index is 2.78. The second-order valence-electron chi connectivity index (χ2n) is 9.22. The number of piperidine rings is 2. The van der Waals surface area contributed by atoms with E-state index in [1.165, 1.54) is 98.0 Å². The summed E-state index contributed by atoms with van der Waals surface area (Å²) >= 11 is 1.91. The van der Waals surface area contributed by atoms with Crippen molar-refractivity contribution >= 4 is 23.1 Å². The molecule has 2 aromatic carbocycles. The van der Waals surface area contributed by atoms with E-state index in [9.17, 15) is 0 Å². The first-order valence-corrected chi connectivity index (χ1v) is 12.7. The summed E-state index contributed by atoms with van der Waals surface area (Å²) in [7, 11) is 0. The van der Waals surface area contributed by atoms with Crippen molar-refractivity contribution in [2.45, 2.75) is 61.3 Å². The van der Waals surface area contributed by atoms with Gasteiger partial charge in [0.25, 0.3) is 0 Å². The predicted octanol–water partition coefficient (Wildman–Crippen LogP) is 5.94. The highest BCUT2D eigenvalue weighted by Gasteiger charge is 2.26. The van der Waals surface area contributed by atoms with E-state index in [-0.39, 0.29) is 0 Å². The molecule has 3 aliphatic rings. The van der Waals surface area contributed by atoms with Crippen LogP contribution in [0.25, 0.3) is 0 Å². The third kappa shape index (κ3) is 4.42. The first-order valence-electron chi connectivity index (χ1n) is 11.9. The molecule has 3 heterocycles. The molecule has 2 fully saturated rings. The van der Waals surface area contributed by atoms with Crippen LogP contribution in [0.15, 0.2) is 52.3 Å². The molecule has 0 saturated carbocycles. The zero-order valence-electron chi connectivity index (χ0n) is 18.4. The summed E-state index contributed by atoms with van der Waals surface area (Å²) in [5.74, 6) is 0. The Morgan fingerprint density at radius 1 is 0.833 bits per heavy atom. The van der Waals surface area contributed by atoms with Gasteiger partial charge in [-0.05, 0) is 102 Å². The number of benzene rings is 2. The molecule has 0 atom stereocenters. The van der Waals surface area contributed by atoms with Crippen LogP contribution in [0.5, 0.6) is 0 Å². The van der Waals surface area contributed by atoms with E-state index in [2.05, 4.69) is 64.1 Å². The molecule has 0 aromatic heterocycles. The highest BCUT2D eigenvalue weighted by Crippen LogP contribution is 2.48. The minimum absolute atomic E-state index is 0.849. The Morgan fingerprint density at radius 3 is 2.43 bits per heavy atom. The van der Waals surface area contributed by atoms with E-state index in [1.54, 1.807) is 0 Å². The molecule has 3 aliphatic heterocycles. The fraction of sp³-hybridized carbons (Fsp3) is 0.538. The highest BCUT2D eigenvalue weighted by atomic mass is 32.2. The Kier molecular flexibility index (Phi) is 6.35. The molecule has 0 radical (unpaired) electrons. The Labute approximate surface area is 186 Å². The van der Waals surface area contributed by atoms with Crippen molar-refractivity contribution < 1.29 is 0 Å². The molecule has 0 unspecified atom stereocenters. The fourth-order valence-electron chi connectivity index (χ4n) is 5.42. The summed E-state index contributed by atoms with van der Waals surface area (Å²) in [6.45, 7) is 9.77. The lowest BCUT2D eigenvalue weighted by molar-refractivity contribution is 0.0924. The van der Waals surface area contributed by atoms with Crippen LogP contribution in [-0.4, -0.2) is 55.1 Å².